The van der Waals surface area contributed by atoms with E-state index in [1.165, 1.54) is 18.7 Å². The number of ether oxygens (including phenoxy) is 2. The van der Waals surface area contributed by atoms with Gasteiger partial charge in [0.25, 0.3) is 0 Å². The minimum absolute atomic E-state index is 0.0572. The van der Waals surface area contributed by atoms with Gasteiger partial charge in [-0.15, -0.1) is 0 Å². The van der Waals surface area contributed by atoms with Gasteiger partial charge >= 0.3 is 0 Å². The second kappa shape index (κ2) is 8.66. The molecule has 29 heavy (non-hydrogen) atoms. The molecule has 0 aromatic heterocycles. The topological polar surface area (TPSA) is 30.8 Å². The molecule has 2 atom stereocenters. The maximum absolute atomic E-state index is 14.0. The summed E-state index contributed by atoms with van der Waals surface area (Å²) in [5.74, 6) is -0.131. The predicted molar refractivity (Wildman–Crippen MR) is 115 cm³/mol. The average molecular weight is 405 g/mol. The van der Waals surface area contributed by atoms with Gasteiger partial charge in [-0.2, -0.15) is 0 Å². The summed E-state index contributed by atoms with van der Waals surface area (Å²) >= 11 is 4.83. The van der Waals surface area contributed by atoms with Crippen molar-refractivity contribution >= 4 is 17.4 Å². The summed E-state index contributed by atoms with van der Waals surface area (Å²) in [7, 11) is 1.46. The van der Waals surface area contributed by atoms with Crippen LogP contribution in [0.3, 0.4) is 0 Å². The lowest BCUT2D eigenvalue weighted by atomic mass is 10.0. The molecular formula is C24H20FNO2S. The summed E-state index contributed by atoms with van der Waals surface area (Å²) in [6.07, 6.45) is 0.753. The quantitative estimate of drug-likeness (QED) is 0.384. The van der Waals surface area contributed by atoms with Crippen LogP contribution in [0, 0.1) is 5.82 Å². The van der Waals surface area contributed by atoms with Crippen LogP contribution < -0.4 is 4.74 Å². The number of thiocarbonyl (C=S) groups is 1. The van der Waals surface area contributed by atoms with Crippen LogP contribution >= 0.6 is 12.2 Å². The van der Waals surface area contributed by atoms with Crippen LogP contribution in [-0.4, -0.2) is 18.4 Å². The second-order valence-electron chi connectivity index (χ2n) is 6.96. The molecular weight excluding hydrogens is 385 g/mol. The molecule has 3 aromatic carbocycles. The largest absolute Gasteiger partial charge is 0.494 e. The van der Waals surface area contributed by atoms with Crippen molar-refractivity contribution in [3.8, 4) is 16.9 Å². The first-order chi connectivity index (χ1) is 14.2. The summed E-state index contributed by atoms with van der Waals surface area (Å²) in [6.45, 7) is 0.472. The maximum atomic E-state index is 14.0. The molecule has 3 aromatic rings. The fourth-order valence-corrected chi connectivity index (χ4v) is 3.85. The van der Waals surface area contributed by atoms with E-state index in [9.17, 15) is 4.39 Å². The summed E-state index contributed by atoms with van der Waals surface area (Å²) < 4.78 is 25.1. The van der Waals surface area contributed by atoms with E-state index >= 15 is 0 Å². The molecule has 0 N–H and O–H groups in total. The van der Waals surface area contributed by atoms with Crippen molar-refractivity contribution < 1.29 is 13.9 Å². The van der Waals surface area contributed by atoms with Crippen LogP contribution in [0.15, 0.2) is 71.7 Å². The molecule has 0 saturated heterocycles. The zero-order valence-electron chi connectivity index (χ0n) is 16.0. The first kappa shape index (κ1) is 19.5. The number of rotatable bonds is 6. The van der Waals surface area contributed by atoms with Crippen LogP contribution in [-0.2, 0) is 17.8 Å². The van der Waals surface area contributed by atoms with Gasteiger partial charge in [-0.3, -0.25) is 0 Å². The molecule has 4 rings (SSSR count). The molecule has 0 spiro atoms. The van der Waals surface area contributed by atoms with Gasteiger partial charge in [0.05, 0.1) is 25.0 Å². The molecule has 0 heterocycles. The van der Waals surface area contributed by atoms with Gasteiger partial charge in [-0.1, -0.05) is 54.6 Å². The number of hydrogen-bond acceptors (Lipinski definition) is 4. The Bertz CT molecular complexity index is 1060. The molecule has 0 radical (unpaired) electrons. The summed E-state index contributed by atoms with van der Waals surface area (Å²) in [4.78, 5) is 4.33. The molecule has 0 unspecified atom stereocenters. The van der Waals surface area contributed by atoms with E-state index < -0.39 is 0 Å². The third-order valence-corrected chi connectivity index (χ3v) is 5.35. The fraction of sp³-hybridized carbons (Fsp3) is 0.208. The number of hydrogen-bond donors (Lipinski definition) is 0. The van der Waals surface area contributed by atoms with Crippen molar-refractivity contribution in [2.75, 3.05) is 7.11 Å². The molecule has 0 amide bonds. The average Bonchev–Trinajstić information content (AvgIpc) is 3.10. The SMILES string of the molecule is COc1ccc(-c2ccc(CO[C@@H]3Cc4ccccc4[C@@H]3N=C=S)cc2)cc1F. The maximum Gasteiger partial charge on any atom is 0.165 e. The second-order valence-corrected chi connectivity index (χ2v) is 7.15. The highest BCUT2D eigenvalue weighted by Gasteiger charge is 2.32. The number of nitrogens with zero attached hydrogens (tertiary/aromatic N) is 1. The molecule has 0 bridgehead atoms. The first-order valence-electron chi connectivity index (χ1n) is 9.39. The lowest BCUT2D eigenvalue weighted by molar-refractivity contribution is 0.0320. The van der Waals surface area contributed by atoms with Crippen molar-refractivity contribution in [2.24, 2.45) is 4.99 Å². The van der Waals surface area contributed by atoms with E-state index in [-0.39, 0.29) is 23.7 Å². The standard InChI is InChI=1S/C24H20FNO2S/c1-27-22-11-10-18(12-21(22)25)17-8-6-16(7-9-17)14-28-23-13-19-4-2-3-5-20(19)24(23)26-15-29/h2-12,23-24H,13-14H2,1H3/t23-,24+/m1/s1. The Morgan fingerprint density at radius 1 is 1.07 bits per heavy atom. The van der Waals surface area contributed by atoms with E-state index in [1.807, 2.05) is 42.5 Å². The molecule has 5 heteroatoms. The minimum Gasteiger partial charge on any atom is -0.494 e. The van der Waals surface area contributed by atoms with Crippen molar-refractivity contribution in [3.05, 3.63) is 89.2 Å². The van der Waals surface area contributed by atoms with Gasteiger partial charge < -0.3 is 9.47 Å². The number of aliphatic imine (C=N–C) groups is 1. The number of fused-ring (bicyclic) bond motifs is 1. The lowest BCUT2D eigenvalue weighted by Gasteiger charge is -2.17. The van der Waals surface area contributed by atoms with Crippen molar-refractivity contribution in [2.45, 2.75) is 25.2 Å². The molecule has 0 aliphatic heterocycles. The van der Waals surface area contributed by atoms with E-state index in [0.717, 1.165) is 28.7 Å². The normalized spacial score (nSPS) is 17.4. The van der Waals surface area contributed by atoms with Crippen molar-refractivity contribution in [1.29, 1.82) is 0 Å². The van der Waals surface area contributed by atoms with E-state index in [4.69, 9.17) is 21.7 Å². The fourth-order valence-electron chi connectivity index (χ4n) is 3.74. The van der Waals surface area contributed by atoms with Gasteiger partial charge in [0.15, 0.2) is 11.6 Å². The van der Waals surface area contributed by atoms with Crippen LogP contribution in [0.5, 0.6) is 5.75 Å². The van der Waals surface area contributed by atoms with Crippen LogP contribution in [0.2, 0.25) is 0 Å². The molecule has 3 nitrogen and oxygen atoms in total. The van der Waals surface area contributed by atoms with Crippen LogP contribution in [0.4, 0.5) is 4.39 Å². The Morgan fingerprint density at radius 3 is 2.55 bits per heavy atom. The van der Waals surface area contributed by atoms with E-state index in [2.05, 4.69) is 22.3 Å². The van der Waals surface area contributed by atoms with Gasteiger partial charge in [0, 0.05) is 6.42 Å². The lowest BCUT2D eigenvalue weighted by Crippen LogP contribution is -2.17. The van der Waals surface area contributed by atoms with Crippen LogP contribution in [0.1, 0.15) is 22.7 Å². The number of methoxy groups -OCH3 is 1. The summed E-state index contributed by atoms with van der Waals surface area (Å²) in [6, 6.07) is 21.0. The Kier molecular flexibility index (Phi) is 5.81. The number of halogens is 1. The number of benzene rings is 3. The smallest absolute Gasteiger partial charge is 0.165 e. The van der Waals surface area contributed by atoms with Gasteiger partial charge in [0.1, 0.15) is 6.04 Å². The highest BCUT2D eigenvalue weighted by Crippen LogP contribution is 2.36. The predicted octanol–water partition coefficient (Wildman–Crippen LogP) is 5.79. The monoisotopic (exact) mass is 405 g/mol. The third kappa shape index (κ3) is 4.13. The minimum atomic E-state index is -0.372. The van der Waals surface area contributed by atoms with Crippen molar-refractivity contribution in [3.63, 3.8) is 0 Å². The molecule has 0 saturated carbocycles. The zero-order chi connectivity index (χ0) is 20.2. The molecule has 1 aliphatic rings. The first-order valence-corrected chi connectivity index (χ1v) is 9.79. The van der Waals surface area contributed by atoms with E-state index in [0.29, 0.717) is 6.61 Å². The summed E-state index contributed by atoms with van der Waals surface area (Å²) in [5.41, 5.74) is 5.19. The Balaban J connectivity index is 1.44. The Hall–Kier alpha value is -2.85. The van der Waals surface area contributed by atoms with Gasteiger partial charge in [-0.05, 0) is 52.2 Å². The molecule has 146 valence electrons. The Morgan fingerprint density at radius 2 is 1.83 bits per heavy atom. The van der Waals surface area contributed by atoms with Gasteiger partial charge in [-0.25, -0.2) is 9.38 Å². The number of isothiocyanates is 1. The molecule has 1 aliphatic carbocycles. The summed E-state index contributed by atoms with van der Waals surface area (Å²) in [5, 5.41) is 2.51. The van der Waals surface area contributed by atoms with Gasteiger partial charge in [0.2, 0.25) is 0 Å². The van der Waals surface area contributed by atoms with Crippen molar-refractivity contribution in [1.82, 2.24) is 0 Å². The molecule has 0 fully saturated rings. The Labute approximate surface area is 174 Å². The highest BCUT2D eigenvalue weighted by atomic mass is 32.1. The highest BCUT2D eigenvalue weighted by molar-refractivity contribution is 7.78. The third-order valence-electron chi connectivity index (χ3n) is 5.24. The van der Waals surface area contributed by atoms with E-state index in [1.54, 1.807) is 6.07 Å². The van der Waals surface area contributed by atoms with Crippen LogP contribution in [0.25, 0.3) is 11.1 Å². The zero-order valence-corrected chi connectivity index (χ0v) is 16.8.